The number of carbonyl (C=O) groups excluding carboxylic acids is 2. The average molecular weight is 273 g/mol. The van der Waals surface area contributed by atoms with Crippen LogP contribution in [0.3, 0.4) is 0 Å². The molecule has 0 spiro atoms. The number of carboxylic acids is 1. The van der Waals surface area contributed by atoms with Crippen molar-refractivity contribution in [1.29, 1.82) is 0 Å². The SMILES string of the molecule is CC(C)N(CCCC(=O)O)C(=O)NCC(=O)N(C)C. The molecule has 0 aromatic heterocycles. The third-order valence-corrected chi connectivity index (χ3v) is 2.56. The first-order valence-electron chi connectivity index (χ1n) is 6.22. The molecule has 2 N–H and O–H groups in total. The van der Waals surface area contributed by atoms with Crippen molar-refractivity contribution in [3.63, 3.8) is 0 Å². The fourth-order valence-electron chi connectivity index (χ4n) is 1.41. The average Bonchev–Trinajstić information content (AvgIpc) is 2.30. The van der Waals surface area contributed by atoms with Gasteiger partial charge in [-0.25, -0.2) is 4.79 Å². The van der Waals surface area contributed by atoms with Crippen LogP contribution < -0.4 is 5.32 Å². The first-order valence-corrected chi connectivity index (χ1v) is 6.22. The number of amides is 3. The summed E-state index contributed by atoms with van der Waals surface area (Å²) < 4.78 is 0. The van der Waals surface area contributed by atoms with E-state index in [1.165, 1.54) is 9.80 Å². The van der Waals surface area contributed by atoms with E-state index >= 15 is 0 Å². The maximum Gasteiger partial charge on any atom is 0.318 e. The van der Waals surface area contributed by atoms with Gasteiger partial charge in [0, 0.05) is 33.1 Å². The Kier molecular flexibility index (Phi) is 7.55. The van der Waals surface area contributed by atoms with Crippen LogP contribution in [0.5, 0.6) is 0 Å². The summed E-state index contributed by atoms with van der Waals surface area (Å²) in [5, 5.41) is 11.1. The second-order valence-electron chi connectivity index (χ2n) is 4.73. The summed E-state index contributed by atoms with van der Waals surface area (Å²) in [5.41, 5.74) is 0. The molecule has 0 fully saturated rings. The first kappa shape index (κ1) is 17.2. The maximum atomic E-state index is 11.9. The molecule has 0 aromatic carbocycles. The van der Waals surface area contributed by atoms with E-state index in [2.05, 4.69) is 5.32 Å². The normalized spacial score (nSPS) is 10.2. The minimum absolute atomic E-state index is 0.0210. The molecule has 0 radical (unpaired) electrons. The lowest BCUT2D eigenvalue weighted by Crippen LogP contribution is -2.47. The van der Waals surface area contributed by atoms with Crippen LogP contribution in [0.15, 0.2) is 0 Å². The largest absolute Gasteiger partial charge is 0.481 e. The van der Waals surface area contributed by atoms with Crippen molar-refractivity contribution in [3.05, 3.63) is 0 Å². The van der Waals surface area contributed by atoms with Crippen molar-refractivity contribution in [1.82, 2.24) is 15.1 Å². The Morgan fingerprint density at radius 1 is 1.21 bits per heavy atom. The van der Waals surface area contributed by atoms with Crippen LogP contribution in [0, 0.1) is 0 Å². The number of nitrogens with zero attached hydrogens (tertiary/aromatic N) is 2. The fourth-order valence-corrected chi connectivity index (χ4v) is 1.41. The standard InChI is InChI=1S/C12H23N3O4/c1-9(2)15(7-5-6-11(17)18)12(19)13-8-10(16)14(3)4/h9H,5-8H2,1-4H3,(H,13,19)(H,17,18). The fraction of sp³-hybridized carbons (Fsp3) is 0.750. The molecular formula is C12H23N3O4. The van der Waals surface area contributed by atoms with Gasteiger partial charge in [-0.15, -0.1) is 0 Å². The predicted octanol–water partition coefficient (Wildman–Crippen LogP) is 0.359. The number of hydrogen-bond acceptors (Lipinski definition) is 3. The van der Waals surface area contributed by atoms with Crippen LogP contribution in [0.2, 0.25) is 0 Å². The molecule has 19 heavy (non-hydrogen) atoms. The molecule has 0 heterocycles. The summed E-state index contributed by atoms with van der Waals surface area (Å²) in [5.74, 6) is -1.07. The Morgan fingerprint density at radius 2 is 1.79 bits per heavy atom. The van der Waals surface area contributed by atoms with Gasteiger partial charge in [0.1, 0.15) is 0 Å². The van der Waals surface area contributed by atoms with Gasteiger partial charge in [0.05, 0.1) is 6.54 Å². The second kappa shape index (κ2) is 8.34. The second-order valence-corrected chi connectivity index (χ2v) is 4.73. The van der Waals surface area contributed by atoms with E-state index in [-0.39, 0.29) is 30.9 Å². The highest BCUT2D eigenvalue weighted by Crippen LogP contribution is 2.02. The van der Waals surface area contributed by atoms with Gasteiger partial charge in [-0.1, -0.05) is 0 Å². The summed E-state index contributed by atoms with van der Waals surface area (Å²) in [6.07, 6.45) is 0.412. The number of rotatable bonds is 7. The van der Waals surface area contributed by atoms with E-state index in [4.69, 9.17) is 5.11 Å². The molecule has 0 bridgehead atoms. The highest BCUT2D eigenvalue weighted by atomic mass is 16.4. The van der Waals surface area contributed by atoms with E-state index in [1.54, 1.807) is 14.1 Å². The summed E-state index contributed by atoms with van der Waals surface area (Å²) in [7, 11) is 3.23. The minimum Gasteiger partial charge on any atom is -0.481 e. The Morgan fingerprint density at radius 3 is 2.21 bits per heavy atom. The van der Waals surface area contributed by atoms with Gasteiger partial charge in [0.15, 0.2) is 0 Å². The summed E-state index contributed by atoms with van der Waals surface area (Å²) >= 11 is 0. The first-order chi connectivity index (χ1) is 8.75. The van der Waals surface area contributed by atoms with E-state index in [0.29, 0.717) is 13.0 Å². The molecule has 3 amide bonds. The van der Waals surface area contributed by atoms with Crippen molar-refractivity contribution in [2.75, 3.05) is 27.2 Å². The molecular weight excluding hydrogens is 250 g/mol. The van der Waals surface area contributed by atoms with Crippen LogP contribution in [-0.4, -0.2) is 66.0 Å². The Labute approximate surface area is 113 Å². The number of nitrogens with one attached hydrogen (secondary N) is 1. The third kappa shape index (κ3) is 7.28. The Balaban J connectivity index is 4.26. The molecule has 0 saturated carbocycles. The zero-order valence-electron chi connectivity index (χ0n) is 12.0. The van der Waals surface area contributed by atoms with E-state index in [9.17, 15) is 14.4 Å². The molecule has 0 unspecified atom stereocenters. The monoisotopic (exact) mass is 273 g/mol. The third-order valence-electron chi connectivity index (χ3n) is 2.56. The molecule has 0 atom stereocenters. The molecule has 0 aliphatic heterocycles. The quantitative estimate of drug-likeness (QED) is 0.700. The number of carboxylic acid groups (broad SMARTS) is 1. The van der Waals surface area contributed by atoms with Gasteiger partial charge in [0.2, 0.25) is 5.91 Å². The van der Waals surface area contributed by atoms with Crippen LogP contribution in [0.1, 0.15) is 26.7 Å². The lowest BCUT2D eigenvalue weighted by atomic mass is 10.2. The van der Waals surface area contributed by atoms with E-state index in [1.807, 2.05) is 13.8 Å². The lowest BCUT2D eigenvalue weighted by Gasteiger charge is -2.27. The number of urea groups is 1. The maximum absolute atomic E-state index is 11.9. The number of hydrogen-bond donors (Lipinski definition) is 2. The van der Waals surface area contributed by atoms with Gasteiger partial charge in [0.25, 0.3) is 0 Å². The zero-order chi connectivity index (χ0) is 15.0. The molecule has 0 saturated heterocycles. The highest BCUT2D eigenvalue weighted by Gasteiger charge is 2.17. The van der Waals surface area contributed by atoms with Crippen LogP contribution >= 0.6 is 0 Å². The molecule has 0 rings (SSSR count). The van der Waals surface area contributed by atoms with Gasteiger partial charge in [-0.2, -0.15) is 0 Å². The number of likely N-dealkylation sites (N-methyl/N-ethyl adjacent to an activating group) is 1. The highest BCUT2D eigenvalue weighted by molar-refractivity contribution is 5.83. The van der Waals surface area contributed by atoms with Gasteiger partial charge < -0.3 is 20.2 Å². The summed E-state index contributed by atoms with van der Waals surface area (Å²) in [4.78, 5) is 36.6. The lowest BCUT2D eigenvalue weighted by molar-refractivity contribution is -0.137. The van der Waals surface area contributed by atoms with Crippen LogP contribution in [-0.2, 0) is 9.59 Å². The van der Waals surface area contributed by atoms with Crippen molar-refractivity contribution in [2.24, 2.45) is 0 Å². The van der Waals surface area contributed by atoms with Crippen LogP contribution in [0.25, 0.3) is 0 Å². The Hall–Kier alpha value is -1.79. The Bertz CT molecular complexity index is 329. The number of carbonyl (C=O) groups is 3. The zero-order valence-corrected chi connectivity index (χ0v) is 12.0. The van der Waals surface area contributed by atoms with E-state index in [0.717, 1.165) is 0 Å². The minimum atomic E-state index is -0.883. The summed E-state index contributed by atoms with van der Waals surface area (Å²) in [6.45, 7) is 3.97. The molecule has 0 aromatic rings. The molecule has 7 heteroatoms. The van der Waals surface area contributed by atoms with Gasteiger partial charge in [-0.3, -0.25) is 9.59 Å². The predicted molar refractivity (Wildman–Crippen MR) is 70.8 cm³/mol. The molecule has 7 nitrogen and oxygen atoms in total. The molecule has 110 valence electrons. The van der Waals surface area contributed by atoms with Gasteiger partial charge in [-0.05, 0) is 20.3 Å². The van der Waals surface area contributed by atoms with E-state index < -0.39 is 5.97 Å². The smallest absolute Gasteiger partial charge is 0.318 e. The summed E-state index contributed by atoms with van der Waals surface area (Å²) in [6, 6.07) is -0.404. The van der Waals surface area contributed by atoms with Gasteiger partial charge >= 0.3 is 12.0 Å². The van der Waals surface area contributed by atoms with Crippen molar-refractivity contribution >= 4 is 17.9 Å². The topological polar surface area (TPSA) is 90.0 Å². The molecule has 0 aliphatic rings. The van der Waals surface area contributed by atoms with Crippen molar-refractivity contribution in [3.8, 4) is 0 Å². The van der Waals surface area contributed by atoms with Crippen molar-refractivity contribution in [2.45, 2.75) is 32.7 Å². The van der Waals surface area contributed by atoms with Crippen molar-refractivity contribution < 1.29 is 19.5 Å². The van der Waals surface area contributed by atoms with Crippen LogP contribution in [0.4, 0.5) is 4.79 Å². The number of aliphatic carboxylic acids is 1. The molecule has 0 aliphatic carbocycles.